The second-order valence-corrected chi connectivity index (χ2v) is 5.69. The molecule has 6 nitrogen and oxygen atoms in total. The summed E-state index contributed by atoms with van der Waals surface area (Å²) in [5.74, 6) is -0.348. The summed E-state index contributed by atoms with van der Waals surface area (Å²) in [7, 11) is 1.70. The monoisotopic (exact) mass is 293 g/mol. The molecule has 2 aliphatic heterocycles. The number of fused-ring (bicyclic) bond motifs is 1. The molecule has 0 unspecified atom stereocenters. The van der Waals surface area contributed by atoms with Crippen LogP contribution in [0, 0.1) is 0 Å². The van der Waals surface area contributed by atoms with E-state index in [0.29, 0.717) is 12.8 Å². The summed E-state index contributed by atoms with van der Waals surface area (Å²) in [6.45, 7) is 1.74. The zero-order valence-electron chi connectivity index (χ0n) is 12.5. The first-order valence-electron chi connectivity index (χ1n) is 7.48. The fourth-order valence-corrected chi connectivity index (χ4v) is 2.94. The Morgan fingerprint density at radius 3 is 2.76 bits per heavy atom. The second kappa shape index (κ2) is 6.85. The Morgan fingerprint density at radius 2 is 2.10 bits per heavy atom. The van der Waals surface area contributed by atoms with Gasteiger partial charge in [-0.15, -0.1) is 0 Å². The lowest BCUT2D eigenvalue weighted by Crippen LogP contribution is -2.55. The number of amides is 2. The number of likely N-dealkylation sites (N-methyl/N-ethyl adjacent to an activating group) is 1. The molecule has 0 aromatic rings. The van der Waals surface area contributed by atoms with Crippen molar-refractivity contribution in [3.63, 3.8) is 0 Å². The van der Waals surface area contributed by atoms with Crippen LogP contribution in [0.5, 0.6) is 0 Å². The summed E-state index contributed by atoms with van der Waals surface area (Å²) < 4.78 is 0. The molecule has 2 heterocycles. The summed E-state index contributed by atoms with van der Waals surface area (Å²) in [6.07, 6.45) is 7.63. The number of carbonyl (C=O) groups excluding carboxylic acids is 3. The summed E-state index contributed by atoms with van der Waals surface area (Å²) in [4.78, 5) is 37.5. The number of rotatable bonds is 4. The van der Waals surface area contributed by atoms with Crippen LogP contribution in [0.1, 0.15) is 32.6 Å². The van der Waals surface area contributed by atoms with Gasteiger partial charge < -0.3 is 20.3 Å². The molecule has 0 radical (unpaired) electrons. The van der Waals surface area contributed by atoms with Gasteiger partial charge in [0.15, 0.2) is 0 Å². The Hall–Kier alpha value is -1.69. The van der Waals surface area contributed by atoms with Crippen molar-refractivity contribution in [1.29, 1.82) is 0 Å². The van der Waals surface area contributed by atoms with Gasteiger partial charge in [-0.3, -0.25) is 9.59 Å². The molecule has 0 spiro atoms. The minimum atomic E-state index is -0.590. The minimum Gasteiger partial charge on any atom is -0.343 e. The molecule has 2 aliphatic rings. The number of aldehydes is 1. The molecule has 0 aromatic carbocycles. The molecule has 116 valence electrons. The summed E-state index contributed by atoms with van der Waals surface area (Å²) in [5.41, 5.74) is 0. The molecule has 2 N–H and O–H groups in total. The average molecular weight is 293 g/mol. The summed E-state index contributed by atoms with van der Waals surface area (Å²) >= 11 is 0. The van der Waals surface area contributed by atoms with Crippen LogP contribution in [0.4, 0.5) is 0 Å². The predicted molar refractivity (Wildman–Crippen MR) is 78.5 cm³/mol. The molecule has 0 aliphatic carbocycles. The lowest BCUT2D eigenvalue weighted by molar-refractivity contribution is -0.140. The lowest BCUT2D eigenvalue weighted by atomic mass is 10.0. The van der Waals surface area contributed by atoms with Crippen LogP contribution in [-0.2, 0) is 14.4 Å². The zero-order valence-corrected chi connectivity index (χ0v) is 12.5. The van der Waals surface area contributed by atoms with E-state index >= 15 is 0 Å². The smallest absolute Gasteiger partial charge is 0.246 e. The first-order valence-corrected chi connectivity index (χ1v) is 7.48. The molecule has 2 rings (SSSR count). The third-order valence-corrected chi connectivity index (χ3v) is 4.35. The molecule has 1 fully saturated rings. The number of nitrogens with zero attached hydrogens (tertiary/aromatic N) is 1. The van der Waals surface area contributed by atoms with Crippen LogP contribution >= 0.6 is 0 Å². The maximum absolute atomic E-state index is 12.7. The van der Waals surface area contributed by atoms with Gasteiger partial charge in [0, 0.05) is 6.04 Å². The molecule has 4 atom stereocenters. The van der Waals surface area contributed by atoms with E-state index < -0.39 is 6.04 Å². The Labute approximate surface area is 124 Å². The molecular weight excluding hydrogens is 270 g/mol. The Bertz CT molecular complexity index is 449. The van der Waals surface area contributed by atoms with Gasteiger partial charge in [-0.25, -0.2) is 0 Å². The van der Waals surface area contributed by atoms with Crippen LogP contribution in [-0.4, -0.2) is 54.2 Å². The van der Waals surface area contributed by atoms with Gasteiger partial charge in [0.05, 0.1) is 12.1 Å². The lowest BCUT2D eigenvalue weighted by Gasteiger charge is -2.32. The first kappa shape index (κ1) is 15.7. The largest absolute Gasteiger partial charge is 0.343 e. The zero-order chi connectivity index (χ0) is 15.4. The van der Waals surface area contributed by atoms with Crippen molar-refractivity contribution in [2.45, 2.75) is 56.8 Å². The normalized spacial score (nSPS) is 31.8. The van der Waals surface area contributed by atoms with Gasteiger partial charge >= 0.3 is 0 Å². The highest BCUT2D eigenvalue weighted by molar-refractivity contribution is 5.91. The van der Waals surface area contributed by atoms with Gasteiger partial charge in [0.2, 0.25) is 11.8 Å². The van der Waals surface area contributed by atoms with Gasteiger partial charge in [-0.1, -0.05) is 12.2 Å². The molecule has 1 saturated heterocycles. The van der Waals surface area contributed by atoms with Gasteiger partial charge in [0.25, 0.3) is 0 Å². The van der Waals surface area contributed by atoms with Gasteiger partial charge in [-0.2, -0.15) is 0 Å². The van der Waals surface area contributed by atoms with Crippen molar-refractivity contribution in [2.75, 3.05) is 7.05 Å². The number of nitrogens with one attached hydrogen (secondary N) is 2. The van der Waals surface area contributed by atoms with Gasteiger partial charge in [-0.05, 0) is 39.7 Å². The number of hydrogen-bond donors (Lipinski definition) is 2. The molecule has 21 heavy (non-hydrogen) atoms. The van der Waals surface area contributed by atoms with E-state index in [1.807, 2.05) is 12.2 Å². The van der Waals surface area contributed by atoms with Crippen LogP contribution in [0.25, 0.3) is 0 Å². The Balaban J connectivity index is 2.15. The minimum absolute atomic E-state index is 0.0744. The van der Waals surface area contributed by atoms with Crippen molar-refractivity contribution in [3.05, 3.63) is 12.2 Å². The molecule has 0 aromatic heterocycles. The fraction of sp³-hybridized carbons (Fsp3) is 0.667. The summed E-state index contributed by atoms with van der Waals surface area (Å²) in [5, 5.41) is 5.64. The highest BCUT2D eigenvalue weighted by atomic mass is 16.2. The van der Waals surface area contributed by atoms with E-state index in [2.05, 4.69) is 10.6 Å². The second-order valence-electron chi connectivity index (χ2n) is 5.69. The van der Waals surface area contributed by atoms with Crippen molar-refractivity contribution in [2.24, 2.45) is 0 Å². The topological polar surface area (TPSA) is 78.5 Å². The highest BCUT2D eigenvalue weighted by Gasteiger charge is 2.40. The van der Waals surface area contributed by atoms with E-state index in [9.17, 15) is 14.4 Å². The first-order chi connectivity index (χ1) is 10.1. The van der Waals surface area contributed by atoms with E-state index in [1.165, 1.54) is 0 Å². The maximum atomic E-state index is 12.7. The van der Waals surface area contributed by atoms with Crippen LogP contribution < -0.4 is 10.6 Å². The number of hydrogen-bond acceptors (Lipinski definition) is 4. The molecular formula is C15H23N3O3. The van der Waals surface area contributed by atoms with Crippen molar-refractivity contribution in [1.82, 2.24) is 15.5 Å². The molecule has 6 heteroatoms. The maximum Gasteiger partial charge on any atom is 0.246 e. The van der Waals surface area contributed by atoms with Crippen molar-refractivity contribution < 1.29 is 14.4 Å². The van der Waals surface area contributed by atoms with Crippen molar-refractivity contribution in [3.8, 4) is 0 Å². The molecule has 0 bridgehead atoms. The standard InChI is InChI=1S/C15H23N3O3/c1-10(16-2)14(20)17-13-6-4-3-5-11-7-8-12(9-19)18(11)15(13)21/h3-4,9-13,16H,5-8H2,1-2H3,(H,17,20)/b4-3-/t10-,11-,12-,13-/m0/s1. The molecule has 0 saturated carbocycles. The van der Waals surface area contributed by atoms with E-state index in [0.717, 1.165) is 19.1 Å². The summed E-state index contributed by atoms with van der Waals surface area (Å²) in [6, 6.07) is -1.23. The average Bonchev–Trinajstić information content (AvgIpc) is 2.89. The van der Waals surface area contributed by atoms with Crippen LogP contribution in [0.3, 0.4) is 0 Å². The van der Waals surface area contributed by atoms with E-state index in [1.54, 1.807) is 18.9 Å². The molecule has 2 amide bonds. The third-order valence-electron chi connectivity index (χ3n) is 4.35. The number of carbonyl (C=O) groups is 3. The Kier molecular flexibility index (Phi) is 5.12. The SMILES string of the molecule is CN[C@@H](C)C(=O)N[C@H]1C/C=C\C[C@H]2CC[C@@H](C=O)N2C1=O. The van der Waals surface area contributed by atoms with Crippen LogP contribution in [0.2, 0.25) is 0 Å². The van der Waals surface area contributed by atoms with E-state index in [-0.39, 0.29) is 29.9 Å². The van der Waals surface area contributed by atoms with Gasteiger partial charge in [0.1, 0.15) is 12.3 Å². The van der Waals surface area contributed by atoms with Crippen molar-refractivity contribution >= 4 is 18.1 Å². The van der Waals surface area contributed by atoms with Crippen LogP contribution in [0.15, 0.2) is 12.2 Å². The Morgan fingerprint density at radius 1 is 1.38 bits per heavy atom. The fourth-order valence-electron chi connectivity index (χ4n) is 2.94. The predicted octanol–water partition coefficient (Wildman–Crippen LogP) is -0.0124. The third kappa shape index (κ3) is 3.32. The van der Waals surface area contributed by atoms with E-state index in [4.69, 9.17) is 0 Å². The highest BCUT2D eigenvalue weighted by Crippen LogP contribution is 2.28. The quantitative estimate of drug-likeness (QED) is 0.564.